The summed E-state index contributed by atoms with van der Waals surface area (Å²) in [5, 5.41) is 18.8. The van der Waals surface area contributed by atoms with Crippen molar-refractivity contribution in [2.45, 2.75) is 37.2 Å². The SMILES string of the molecule is CCn1c(S[C@H](C#N)Cc2ccc(C)cc2)nnc1-c1ccccc1. The highest BCUT2D eigenvalue weighted by Gasteiger charge is 2.18. The molecule has 4 nitrogen and oxygen atoms in total. The molecule has 3 aromatic rings. The van der Waals surface area contributed by atoms with Crippen LogP contribution in [-0.2, 0) is 13.0 Å². The van der Waals surface area contributed by atoms with Gasteiger partial charge in [-0.3, -0.25) is 0 Å². The predicted molar refractivity (Wildman–Crippen MR) is 101 cm³/mol. The van der Waals surface area contributed by atoms with E-state index in [1.165, 1.54) is 17.3 Å². The van der Waals surface area contributed by atoms with Crippen molar-refractivity contribution in [2.75, 3.05) is 0 Å². The first-order chi connectivity index (χ1) is 12.2. The molecule has 0 saturated carbocycles. The Morgan fingerprint density at radius 1 is 1.08 bits per heavy atom. The van der Waals surface area contributed by atoms with E-state index in [1.807, 2.05) is 30.3 Å². The first-order valence-electron chi connectivity index (χ1n) is 8.31. The molecule has 2 aromatic carbocycles. The summed E-state index contributed by atoms with van der Waals surface area (Å²) in [5.74, 6) is 0.845. The number of rotatable bonds is 6. The fraction of sp³-hybridized carbons (Fsp3) is 0.250. The molecule has 0 N–H and O–H groups in total. The molecular weight excluding hydrogens is 328 g/mol. The number of hydrogen-bond acceptors (Lipinski definition) is 4. The molecule has 0 aliphatic carbocycles. The minimum absolute atomic E-state index is 0.194. The lowest BCUT2D eigenvalue weighted by Crippen LogP contribution is -2.07. The van der Waals surface area contributed by atoms with Crippen molar-refractivity contribution in [3.63, 3.8) is 0 Å². The lowest BCUT2D eigenvalue weighted by Gasteiger charge is -2.11. The van der Waals surface area contributed by atoms with Crippen LogP contribution in [0.4, 0.5) is 0 Å². The number of benzene rings is 2. The predicted octanol–water partition coefficient (Wildman–Crippen LogP) is 4.50. The summed E-state index contributed by atoms with van der Waals surface area (Å²) in [5.41, 5.74) is 3.43. The van der Waals surface area contributed by atoms with E-state index < -0.39 is 0 Å². The number of aromatic nitrogens is 3. The Bertz CT molecular complexity index is 863. The molecule has 1 heterocycles. The van der Waals surface area contributed by atoms with Gasteiger partial charge in [-0.2, -0.15) is 5.26 Å². The van der Waals surface area contributed by atoms with Gasteiger partial charge in [0, 0.05) is 12.1 Å². The Hall–Kier alpha value is -2.58. The first-order valence-corrected chi connectivity index (χ1v) is 9.19. The molecule has 0 saturated heterocycles. The molecule has 0 radical (unpaired) electrons. The fourth-order valence-electron chi connectivity index (χ4n) is 2.64. The molecule has 3 rings (SSSR count). The normalized spacial score (nSPS) is 11.9. The average molecular weight is 348 g/mol. The van der Waals surface area contributed by atoms with Crippen LogP contribution in [0.25, 0.3) is 11.4 Å². The maximum absolute atomic E-state index is 9.56. The van der Waals surface area contributed by atoms with E-state index in [2.05, 4.69) is 58.9 Å². The highest BCUT2D eigenvalue weighted by Crippen LogP contribution is 2.28. The van der Waals surface area contributed by atoms with Gasteiger partial charge in [0.15, 0.2) is 11.0 Å². The molecule has 1 atom stereocenters. The summed E-state index contributed by atoms with van der Waals surface area (Å²) < 4.78 is 2.07. The molecule has 0 aliphatic heterocycles. The van der Waals surface area contributed by atoms with Crippen LogP contribution in [-0.4, -0.2) is 20.0 Å². The second-order valence-corrected chi connectivity index (χ2v) is 7.01. The zero-order valence-electron chi connectivity index (χ0n) is 14.4. The van der Waals surface area contributed by atoms with Gasteiger partial charge < -0.3 is 4.57 Å². The van der Waals surface area contributed by atoms with E-state index in [1.54, 1.807) is 0 Å². The van der Waals surface area contributed by atoms with Gasteiger partial charge in [0.1, 0.15) is 5.25 Å². The molecule has 0 aliphatic rings. The number of aryl methyl sites for hydroxylation is 1. The Labute approximate surface area is 152 Å². The van der Waals surface area contributed by atoms with Crippen LogP contribution in [0, 0.1) is 18.3 Å². The summed E-state index contributed by atoms with van der Waals surface area (Å²) in [4.78, 5) is 0. The minimum atomic E-state index is -0.194. The van der Waals surface area contributed by atoms with Crippen molar-refractivity contribution in [2.24, 2.45) is 0 Å². The third-order valence-corrected chi connectivity index (χ3v) is 5.07. The first kappa shape index (κ1) is 17.2. The smallest absolute Gasteiger partial charge is 0.192 e. The van der Waals surface area contributed by atoms with Crippen molar-refractivity contribution in [1.29, 1.82) is 5.26 Å². The van der Waals surface area contributed by atoms with Crippen LogP contribution in [0.1, 0.15) is 18.1 Å². The van der Waals surface area contributed by atoms with Crippen molar-refractivity contribution < 1.29 is 0 Å². The van der Waals surface area contributed by atoms with Gasteiger partial charge in [-0.15, -0.1) is 10.2 Å². The highest BCUT2D eigenvalue weighted by molar-refractivity contribution is 8.00. The van der Waals surface area contributed by atoms with Gasteiger partial charge in [0.25, 0.3) is 0 Å². The van der Waals surface area contributed by atoms with E-state index in [0.29, 0.717) is 6.42 Å². The lowest BCUT2D eigenvalue weighted by molar-refractivity contribution is 0.686. The second-order valence-electron chi connectivity index (χ2n) is 5.84. The van der Waals surface area contributed by atoms with Crippen LogP contribution in [0.15, 0.2) is 59.8 Å². The lowest BCUT2D eigenvalue weighted by atomic mass is 10.1. The minimum Gasteiger partial charge on any atom is -0.302 e. The van der Waals surface area contributed by atoms with E-state index in [4.69, 9.17) is 0 Å². The van der Waals surface area contributed by atoms with Gasteiger partial charge in [0.05, 0.1) is 6.07 Å². The quantitative estimate of drug-likeness (QED) is 0.615. The summed E-state index contributed by atoms with van der Waals surface area (Å²) in [6.07, 6.45) is 0.693. The van der Waals surface area contributed by atoms with Crippen LogP contribution in [0.3, 0.4) is 0 Å². The van der Waals surface area contributed by atoms with Crippen LogP contribution < -0.4 is 0 Å². The topological polar surface area (TPSA) is 54.5 Å². The Morgan fingerprint density at radius 3 is 2.44 bits per heavy atom. The van der Waals surface area contributed by atoms with Crippen LogP contribution in [0.5, 0.6) is 0 Å². The van der Waals surface area contributed by atoms with E-state index >= 15 is 0 Å². The number of nitrogens with zero attached hydrogens (tertiary/aromatic N) is 4. The van der Waals surface area contributed by atoms with Gasteiger partial charge in [-0.05, 0) is 25.8 Å². The zero-order chi connectivity index (χ0) is 17.6. The maximum Gasteiger partial charge on any atom is 0.192 e. The van der Waals surface area contributed by atoms with Crippen molar-refractivity contribution in [1.82, 2.24) is 14.8 Å². The number of nitriles is 1. The van der Waals surface area contributed by atoms with E-state index in [9.17, 15) is 5.26 Å². The van der Waals surface area contributed by atoms with Gasteiger partial charge in [-0.25, -0.2) is 0 Å². The van der Waals surface area contributed by atoms with Gasteiger partial charge >= 0.3 is 0 Å². The standard InChI is InChI=1S/C20H20N4S/c1-3-24-19(17-7-5-4-6-8-17)22-23-20(24)25-18(14-21)13-16-11-9-15(2)10-12-16/h4-12,18H,3,13H2,1-2H3/t18-/m0/s1. The van der Waals surface area contributed by atoms with Crippen molar-refractivity contribution >= 4 is 11.8 Å². The van der Waals surface area contributed by atoms with Gasteiger partial charge in [-0.1, -0.05) is 71.9 Å². The van der Waals surface area contributed by atoms with Crippen LogP contribution in [0.2, 0.25) is 0 Å². The number of thioether (sulfide) groups is 1. The number of hydrogen-bond donors (Lipinski definition) is 0. The van der Waals surface area contributed by atoms with Crippen molar-refractivity contribution in [3.05, 3.63) is 65.7 Å². The highest BCUT2D eigenvalue weighted by atomic mass is 32.2. The molecule has 5 heteroatoms. The summed E-state index contributed by atoms with van der Waals surface area (Å²) in [7, 11) is 0. The molecule has 25 heavy (non-hydrogen) atoms. The maximum atomic E-state index is 9.56. The monoisotopic (exact) mass is 348 g/mol. The third kappa shape index (κ3) is 4.09. The molecule has 0 unspecified atom stereocenters. The largest absolute Gasteiger partial charge is 0.302 e. The zero-order valence-corrected chi connectivity index (χ0v) is 15.2. The molecule has 0 spiro atoms. The average Bonchev–Trinajstić information content (AvgIpc) is 3.06. The molecule has 126 valence electrons. The molecular formula is C20H20N4S. The van der Waals surface area contributed by atoms with E-state index in [0.717, 1.165) is 28.7 Å². The van der Waals surface area contributed by atoms with E-state index in [-0.39, 0.29) is 5.25 Å². The Kier molecular flexibility index (Phi) is 5.52. The van der Waals surface area contributed by atoms with Crippen LogP contribution >= 0.6 is 11.8 Å². The third-order valence-electron chi connectivity index (χ3n) is 4.00. The second kappa shape index (κ2) is 8.00. The molecule has 0 fully saturated rings. The van der Waals surface area contributed by atoms with Crippen molar-refractivity contribution in [3.8, 4) is 17.5 Å². The molecule has 1 aromatic heterocycles. The van der Waals surface area contributed by atoms with Gasteiger partial charge in [0.2, 0.25) is 0 Å². The molecule has 0 amide bonds. The Balaban J connectivity index is 1.80. The summed E-state index contributed by atoms with van der Waals surface area (Å²) in [6, 6.07) is 20.7. The molecule has 0 bridgehead atoms. The summed E-state index contributed by atoms with van der Waals surface area (Å²) in [6.45, 7) is 4.90. The Morgan fingerprint density at radius 2 is 1.80 bits per heavy atom. The fourth-order valence-corrected chi connectivity index (χ4v) is 3.65. The summed E-state index contributed by atoms with van der Waals surface area (Å²) >= 11 is 1.48.